The van der Waals surface area contributed by atoms with Crippen molar-refractivity contribution < 1.29 is 9.53 Å². The Hall–Kier alpha value is -2.87. The molecule has 0 spiro atoms. The van der Waals surface area contributed by atoms with Gasteiger partial charge in [-0.15, -0.1) is 0 Å². The van der Waals surface area contributed by atoms with Gasteiger partial charge < -0.3 is 4.74 Å². The van der Waals surface area contributed by atoms with Crippen LogP contribution in [0.5, 0.6) is 0 Å². The molecule has 0 bridgehead atoms. The fourth-order valence-corrected chi connectivity index (χ4v) is 2.80. The smallest absolute Gasteiger partial charge is 0.338 e. The van der Waals surface area contributed by atoms with Gasteiger partial charge in [-0.3, -0.25) is 0 Å². The average Bonchev–Trinajstić information content (AvgIpc) is 2.67. The molecule has 3 rings (SSSR count). The highest BCUT2D eigenvalue weighted by molar-refractivity contribution is 5.99. The van der Waals surface area contributed by atoms with Gasteiger partial charge in [0.05, 0.1) is 12.2 Å². The summed E-state index contributed by atoms with van der Waals surface area (Å²) < 4.78 is 5.46. The summed E-state index contributed by atoms with van der Waals surface area (Å²) in [7, 11) is 0. The van der Waals surface area contributed by atoms with Crippen molar-refractivity contribution in [3.8, 4) is 22.3 Å². The van der Waals surface area contributed by atoms with Gasteiger partial charge in [-0.25, -0.2) is 4.79 Å². The van der Waals surface area contributed by atoms with Gasteiger partial charge in [-0.2, -0.15) is 0 Å². The highest BCUT2D eigenvalue weighted by atomic mass is 16.5. The molecular formula is C23H22O2. The minimum absolute atomic E-state index is 0.271. The van der Waals surface area contributed by atoms with Crippen LogP contribution in [0.3, 0.4) is 0 Å². The third-order valence-corrected chi connectivity index (χ3v) is 4.00. The average molecular weight is 330 g/mol. The maximum Gasteiger partial charge on any atom is 0.338 e. The second-order valence-electron chi connectivity index (χ2n) is 6.45. The Morgan fingerprint density at radius 3 is 2.00 bits per heavy atom. The summed E-state index contributed by atoms with van der Waals surface area (Å²) in [4.78, 5) is 12.6. The summed E-state index contributed by atoms with van der Waals surface area (Å²) in [5.41, 5.74) is 4.77. The first kappa shape index (κ1) is 17.0. The van der Waals surface area contributed by atoms with Gasteiger partial charge in [0, 0.05) is 0 Å². The summed E-state index contributed by atoms with van der Waals surface area (Å²) in [6.45, 7) is 4.49. The van der Waals surface area contributed by atoms with Crippen LogP contribution in [0.4, 0.5) is 0 Å². The molecule has 0 fully saturated rings. The Morgan fingerprint density at radius 2 is 1.32 bits per heavy atom. The van der Waals surface area contributed by atoms with Gasteiger partial charge in [-0.1, -0.05) is 86.6 Å². The molecule has 0 radical (unpaired) electrons. The number of carbonyl (C=O) groups excluding carboxylic acids is 1. The normalized spacial score (nSPS) is 10.7. The summed E-state index contributed by atoms with van der Waals surface area (Å²) in [6, 6.07) is 26.0. The lowest BCUT2D eigenvalue weighted by atomic mass is 9.92. The van der Waals surface area contributed by atoms with E-state index in [1.807, 2.05) is 68.4 Å². The van der Waals surface area contributed by atoms with Gasteiger partial charge in [-0.05, 0) is 34.2 Å². The van der Waals surface area contributed by atoms with E-state index in [0.29, 0.717) is 18.1 Å². The molecule has 126 valence electrons. The lowest BCUT2D eigenvalue weighted by molar-refractivity contribution is 0.0460. The molecule has 0 aromatic heterocycles. The van der Waals surface area contributed by atoms with E-state index in [1.54, 1.807) is 0 Å². The first-order valence-corrected chi connectivity index (χ1v) is 8.58. The second kappa shape index (κ2) is 7.80. The standard InChI is InChI=1S/C23H22O2/c1-17(2)16-25-23(24)22-15-9-8-14-21(22)20-13-7-6-12-19(20)18-10-4-3-5-11-18/h3-15,17H,16H2,1-2H3. The zero-order valence-electron chi connectivity index (χ0n) is 14.6. The van der Waals surface area contributed by atoms with E-state index >= 15 is 0 Å². The van der Waals surface area contributed by atoms with Crippen LogP contribution in [0.1, 0.15) is 24.2 Å². The molecule has 3 aromatic carbocycles. The van der Waals surface area contributed by atoms with Crippen molar-refractivity contribution >= 4 is 5.97 Å². The predicted molar refractivity (Wildman–Crippen MR) is 102 cm³/mol. The Labute approximate surface area is 149 Å². The topological polar surface area (TPSA) is 26.3 Å². The van der Waals surface area contributed by atoms with Crippen molar-refractivity contribution in [3.63, 3.8) is 0 Å². The zero-order chi connectivity index (χ0) is 17.6. The predicted octanol–water partition coefficient (Wildman–Crippen LogP) is 5.83. The van der Waals surface area contributed by atoms with Crippen molar-refractivity contribution in [2.75, 3.05) is 6.61 Å². The van der Waals surface area contributed by atoms with Crippen molar-refractivity contribution in [3.05, 3.63) is 84.4 Å². The molecule has 0 atom stereocenters. The molecule has 0 saturated heterocycles. The van der Waals surface area contributed by atoms with Crippen LogP contribution < -0.4 is 0 Å². The highest BCUT2D eigenvalue weighted by Crippen LogP contribution is 2.34. The Bertz CT molecular complexity index is 851. The monoisotopic (exact) mass is 330 g/mol. The molecule has 3 aromatic rings. The first-order chi connectivity index (χ1) is 12.2. The van der Waals surface area contributed by atoms with Crippen molar-refractivity contribution in [2.45, 2.75) is 13.8 Å². The van der Waals surface area contributed by atoms with Crippen LogP contribution in [0, 0.1) is 5.92 Å². The van der Waals surface area contributed by atoms with E-state index < -0.39 is 0 Å². The maximum atomic E-state index is 12.6. The fourth-order valence-electron chi connectivity index (χ4n) is 2.80. The largest absolute Gasteiger partial charge is 0.462 e. The molecule has 0 aliphatic heterocycles. The molecule has 0 aliphatic rings. The first-order valence-electron chi connectivity index (χ1n) is 8.58. The van der Waals surface area contributed by atoms with Crippen molar-refractivity contribution in [1.82, 2.24) is 0 Å². The number of rotatable bonds is 5. The second-order valence-corrected chi connectivity index (χ2v) is 6.45. The molecule has 0 saturated carbocycles. The third-order valence-electron chi connectivity index (χ3n) is 4.00. The van der Waals surface area contributed by atoms with Crippen LogP contribution >= 0.6 is 0 Å². The summed E-state index contributed by atoms with van der Waals surface area (Å²) in [5, 5.41) is 0. The van der Waals surface area contributed by atoms with E-state index in [4.69, 9.17) is 4.74 Å². The van der Waals surface area contributed by atoms with Crippen LogP contribution in [0.2, 0.25) is 0 Å². The Kier molecular flexibility index (Phi) is 5.30. The molecule has 0 heterocycles. The summed E-state index contributed by atoms with van der Waals surface area (Å²) >= 11 is 0. The van der Waals surface area contributed by atoms with E-state index in [-0.39, 0.29) is 5.97 Å². The number of ether oxygens (including phenoxy) is 1. The minimum Gasteiger partial charge on any atom is -0.462 e. The Balaban J connectivity index is 2.05. The van der Waals surface area contributed by atoms with Crippen LogP contribution in [-0.4, -0.2) is 12.6 Å². The highest BCUT2D eigenvalue weighted by Gasteiger charge is 2.16. The number of benzene rings is 3. The third kappa shape index (κ3) is 3.97. The molecule has 2 heteroatoms. The van der Waals surface area contributed by atoms with E-state index in [9.17, 15) is 4.79 Å². The molecule has 0 unspecified atom stereocenters. The molecule has 0 aliphatic carbocycles. The fraction of sp³-hybridized carbons (Fsp3) is 0.174. The van der Waals surface area contributed by atoms with E-state index in [2.05, 4.69) is 24.3 Å². The molecule has 0 amide bonds. The van der Waals surface area contributed by atoms with E-state index in [0.717, 1.165) is 22.3 Å². The van der Waals surface area contributed by atoms with Gasteiger partial charge in [0.1, 0.15) is 0 Å². The maximum absolute atomic E-state index is 12.6. The lowest BCUT2D eigenvalue weighted by Gasteiger charge is -2.14. The van der Waals surface area contributed by atoms with Gasteiger partial charge in [0.2, 0.25) is 0 Å². The molecule has 0 N–H and O–H groups in total. The van der Waals surface area contributed by atoms with Crippen molar-refractivity contribution in [1.29, 1.82) is 0 Å². The summed E-state index contributed by atoms with van der Waals surface area (Å²) in [6.07, 6.45) is 0. The van der Waals surface area contributed by atoms with Gasteiger partial charge in [0.25, 0.3) is 0 Å². The van der Waals surface area contributed by atoms with Crippen LogP contribution in [0.25, 0.3) is 22.3 Å². The zero-order valence-corrected chi connectivity index (χ0v) is 14.6. The summed E-state index contributed by atoms with van der Waals surface area (Å²) in [5.74, 6) is 0.0416. The number of esters is 1. The van der Waals surface area contributed by atoms with E-state index in [1.165, 1.54) is 0 Å². The molecular weight excluding hydrogens is 308 g/mol. The molecule has 2 nitrogen and oxygen atoms in total. The number of carbonyl (C=O) groups is 1. The quantitative estimate of drug-likeness (QED) is 0.550. The molecule has 25 heavy (non-hydrogen) atoms. The SMILES string of the molecule is CC(C)COC(=O)c1ccccc1-c1ccccc1-c1ccccc1. The Morgan fingerprint density at radius 1 is 0.760 bits per heavy atom. The lowest BCUT2D eigenvalue weighted by Crippen LogP contribution is -2.11. The van der Waals surface area contributed by atoms with Crippen LogP contribution in [0.15, 0.2) is 78.9 Å². The van der Waals surface area contributed by atoms with Crippen molar-refractivity contribution in [2.24, 2.45) is 5.92 Å². The van der Waals surface area contributed by atoms with Gasteiger partial charge in [0.15, 0.2) is 0 Å². The van der Waals surface area contributed by atoms with Crippen LogP contribution in [-0.2, 0) is 4.74 Å². The number of hydrogen-bond acceptors (Lipinski definition) is 2. The minimum atomic E-state index is -0.271. The number of hydrogen-bond donors (Lipinski definition) is 0. The van der Waals surface area contributed by atoms with Gasteiger partial charge >= 0.3 is 5.97 Å².